The van der Waals surface area contributed by atoms with Crippen molar-refractivity contribution in [2.45, 2.75) is 16.2 Å². The molecule has 0 radical (unpaired) electrons. The second-order valence-corrected chi connectivity index (χ2v) is 11.6. The number of benzene rings is 3. The second-order valence-electron chi connectivity index (χ2n) is 8.00. The molecule has 0 atom stereocenters. The van der Waals surface area contributed by atoms with Crippen LogP contribution in [-0.2, 0) is 20.0 Å². The Labute approximate surface area is 201 Å². The number of nitrogens with one attached hydrogen (secondary N) is 2. The Hall–Kier alpha value is -3.08. The smallest absolute Gasteiger partial charge is 0.264 e. The molecule has 34 heavy (non-hydrogen) atoms. The van der Waals surface area contributed by atoms with Crippen molar-refractivity contribution in [2.24, 2.45) is 0 Å². The normalized spacial score (nSPS) is 14.9. The Bertz CT molecular complexity index is 1320. The summed E-state index contributed by atoms with van der Waals surface area (Å²) in [5, 5.41) is 3.35. The lowest BCUT2D eigenvalue weighted by atomic mass is 10.2. The largest absolute Gasteiger partial charge is 0.370 e. The summed E-state index contributed by atoms with van der Waals surface area (Å²) in [5.74, 6) is 0. The summed E-state index contributed by atoms with van der Waals surface area (Å²) in [6, 6.07) is 21.2. The molecule has 1 aliphatic rings. The van der Waals surface area contributed by atoms with Gasteiger partial charge in [-0.25, -0.2) is 16.8 Å². The van der Waals surface area contributed by atoms with Gasteiger partial charge in [0, 0.05) is 32.4 Å². The van der Waals surface area contributed by atoms with Crippen LogP contribution in [-0.4, -0.2) is 50.1 Å². The van der Waals surface area contributed by atoms with Crippen LogP contribution >= 0.6 is 0 Å². The molecule has 180 valence electrons. The fourth-order valence-corrected chi connectivity index (χ4v) is 6.17. The Morgan fingerprint density at radius 3 is 2.15 bits per heavy atom. The Balaban J connectivity index is 1.78. The van der Waals surface area contributed by atoms with Gasteiger partial charge in [0.2, 0.25) is 0 Å². The van der Waals surface area contributed by atoms with Gasteiger partial charge in [0.1, 0.15) is 0 Å². The van der Waals surface area contributed by atoms with E-state index in [1.807, 2.05) is 6.07 Å². The van der Waals surface area contributed by atoms with Crippen molar-refractivity contribution >= 4 is 37.1 Å². The predicted molar refractivity (Wildman–Crippen MR) is 135 cm³/mol. The average molecular weight is 501 g/mol. The molecule has 10 heteroatoms. The van der Waals surface area contributed by atoms with Crippen molar-refractivity contribution < 1.29 is 16.8 Å². The minimum Gasteiger partial charge on any atom is -0.370 e. The lowest BCUT2D eigenvalue weighted by Gasteiger charge is -2.27. The fraction of sp³-hybridized carbons (Fsp3) is 0.250. The molecule has 0 aromatic heterocycles. The SMILES string of the molecule is CN(c1cc(N2CCCNCC2)ccc1NS(=O)(=O)c1ccccc1)S(=O)(=O)c1ccccc1. The number of hydrogen-bond acceptors (Lipinski definition) is 6. The minimum atomic E-state index is -3.92. The van der Waals surface area contributed by atoms with E-state index in [1.165, 1.54) is 31.3 Å². The molecule has 0 spiro atoms. The summed E-state index contributed by atoms with van der Waals surface area (Å²) >= 11 is 0. The lowest BCUT2D eigenvalue weighted by molar-refractivity contribution is 0.593. The van der Waals surface area contributed by atoms with Crippen LogP contribution < -0.4 is 19.2 Å². The van der Waals surface area contributed by atoms with E-state index in [0.717, 1.165) is 42.6 Å². The second kappa shape index (κ2) is 10.0. The molecule has 1 fully saturated rings. The van der Waals surface area contributed by atoms with E-state index in [1.54, 1.807) is 48.5 Å². The first kappa shape index (κ1) is 24.1. The van der Waals surface area contributed by atoms with E-state index in [9.17, 15) is 16.8 Å². The molecule has 0 bridgehead atoms. The molecule has 3 aromatic carbocycles. The maximum atomic E-state index is 13.4. The van der Waals surface area contributed by atoms with Crippen molar-refractivity contribution in [1.82, 2.24) is 5.32 Å². The Morgan fingerprint density at radius 2 is 1.47 bits per heavy atom. The standard InChI is InChI=1S/C24H28N4O4S2/c1-27(34(31,32)22-11-6-3-7-12-22)24-19-20(28-17-8-15-25-16-18-28)13-14-23(24)26-33(29,30)21-9-4-2-5-10-21/h2-7,9-14,19,25-26H,8,15-18H2,1H3. The van der Waals surface area contributed by atoms with Crippen LogP contribution in [0.3, 0.4) is 0 Å². The van der Waals surface area contributed by atoms with E-state index >= 15 is 0 Å². The lowest BCUT2D eigenvalue weighted by Crippen LogP contribution is -2.30. The van der Waals surface area contributed by atoms with Gasteiger partial charge < -0.3 is 10.2 Å². The van der Waals surface area contributed by atoms with Gasteiger partial charge in [0.05, 0.1) is 21.2 Å². The molecule has 0 unspecified atom stereocenters. The quantitative estimate of drug-likeness (QED) is 0.517. The van der Waals surface area contributed by atoms with Crippen molar-refractivity contribution in [3.05, 3.63) is 78.9 Å². The van der Waals surface area contributed by atoms with Crippen LogP contribution in [0.1, 0.15) is 6.42 Å². The highest BCUT2D eigenvalue weighted by Gasteiger charge is 2.26. The molecule has 0 aliphatic carbocycles. The molecule has 0 amide bonds. The first-order valence-corrected chi connectivity index (χ1v) is 13.9. The van der Waals surface area contributed by atoms with Gasteiger partial charge in [-0.1, -0.05) is 36.4 Å². The van der Waals surface area contributed by atoms with Gasteiger partial charge in [-0.3, -0.25) is 9.03 Å². The van der Waals surface area contributed by atoms with E-state index in [2.05, 4.69) is 14.9 Å². The van der Waals surface area contributed by atoms with Gasteiger partial charge in [0.25, 0.3) is 20.0 Å². The van der Waals surface area contributed by atoms with Gasteiger partial charge in [-0.2, -0.15) is 0 Å². The summed E-state index contributed by atoms with van der Waals surface area (Å²) < 4.78 is 56.6. The van der Waals surface area contributed by atoms with Gasteiger partial charge >= 0.3 is 0 Å². The highest BCUT2D eigenvalue weighted by atomic mass is 32.2. The number of anilines is 3. The van der Waals surface area contributed by atoms with Gasteiger partial charge in [0.15, 0.2) is 0 Å². The van der Waals surface area contributed by atoms with Crippen LogP contribution in [0.2, 0.25) is 0 Å². The zero-order chi connectivity index (χ0) is 24.2. The van der Waals surface area contributed by atoms with E-state index in [-0.39, 0.29) is 21.2 Å². The Morgan fingerprint density at radius 1 is 0.824 bits per heavy atom. The van der Waals surface area contributed by atoms with Crippen LogP contribution in [0.15, 0.2) is 88.7 Å². The van der Waals surface area contributed by atoms with Crippen molar-refractivity contribution in [3.8, 4) is 0 Å². The summed E-state index contributed by atoms with van der Waals surface area (Å²) in [6.07, 6.45) is 0.954. The van der Waals surface area contributed by atoms with Crippen LogP contribution in [0.5, 0.6) is 0 Å². The van der Waals surface area contributed by atoms with Crippen LogP contribution in [0.25, 0.3) is 0 Å². The molecule has 1 aliphatic heterocycles. The summed E-state index contributed by atoms with van der Waals surface area (Å²) in [7, 11) is -6.40. The third-order valence-corrected chi connectivity index (χ3v) is 8.89. The highest BCUT2D eigenvalue weighted by molar-refractivity contribution is 7.93. The molecular weight excluding hydrogens is 472 g/mol. The number of hydrogen-bond donors (Lipinski definition) is 2. The molecular formula is C24H28N4O4S2. The molecule has 2 N–H and O–H groups in total. The maximum absolute atomic E-state index is 13.4. The van der Waals surface area contributed by atoms with Gasteiger partial charge in [-0.15, -0.1) is 0 Å². The molecule has 0 saturated carbocycles. The third kappa shape index (κ3) is 5.19. The minimum absolute atomic E-state index is 0.0946. The summed E-state index contributed by atoms with van der Waals surface area (Å²) in [4.78, 5) is 2.39. The van der Waals surface area contributed by atoms with E-state index < -0.39 is 20.0 Å². The average Bonchev–Trinajstić information content (AvgIpc) is 3.14. The van der Waals surface area contributed by atoms with Gasteiger partial charge in [-0.05, 0) is 55.4 Å². The highest BCUT2D eigenvalue weighted by Crippen LogP contribution is 2.35. The zero-order valence-corrected chi connectivity index (χ0v) is 20.5. The first-order valence-electron chi connectivity index (χ1n) is 11.0. The Kier molecular flexibility index (Phi) is 7.11. The summed E-state index contributed by atoms with van der Waals surface area (Å²) in [5.41, 5.74) is 1.26. The van der Waals surface area contributed by atoms with Crippen molar-refractivity contribution in [1.29, 1.82) is 0 Å². The van der Waals surface area contributed by atoms with E-state index in [4.69, 9.17) is 0 Å². The fourth-order valence-electron chi connectivity index (χ4n) is 3.85. The third-order valence-electron chi connectivity index (χ3n) is 5.73. The monoisotopic (exact) mass is 500 g/mol. The number of sulfonamides is 2. The maximum Gasteiger partial charge on any atom is 0.264 e. The molecule has 1 saturated heterocycles. The number of rotatable bonds is 7. The number of nitrogens with zero attached hydrogens (tertiary/aromatic N) is 2. The molecule has 8 nitrogen and oxygen atoms in total. The van der Waals surface area contributed by atoms with E-state index in [0.29, 0.717) is 0 Å². The molecule has 1 heterocycles. The predicted octanol–water partition coefficient (Wildman–Crippen LogP) is 3.11. The zero-order valence-electron chi connectivity index (χ0n) is 18.9. The van der Waals surface area contributed by atoms with Crippen LogP contribution in [0.4, 0.5) is 17.1 Å². The first-order chi connectivity index (χ1) is 16.3. The summed E-state index contributed by atoms with van der Waals surface area (Å²) in [6.45, 7) is 3.32. The molecule has 4 rings (SSSR count). The molecule has 3 aromatic rings. The van der Waals surface area contributed by atoms with Crippen molar-refractivity contribution in [2.75, 3.05) is 47.2 Å². The topological polar surface area (TPSA) is 98.8 Å². The van der Waals surface area contributed by atoms with Crippen LogP contribution in [0, 0.1) is 0 Å². The van der Waals surface area contributed by atoms with Crippen molar-refractivity contribution in [3.63, 3.8) is 0 Å².